The number of thioether (sulfide) groups is 1. The second-order valence-electron chi connectivity index (χ2n) is 6.53. The summed E-state index contributed by atoms with van der Waals surface area (Å²) in [6, 6.07) is 13.7. The van der Waals surface area contributed by atoms with Crippen LogP contribution in [0.15, 0.2) is 60.0 Å². The van der Waals surface area contributed by atoms with Crippen LogP contribution >= 0.6 is 11.8 Å². The van der Waals surface area contributed by atoms with E-state index in [1.165, 1.54) is 11.8 Å². The SMILES string of the molecule is C[C@H]1CN(C(=O)CSc2nnc(-c3cccnc3)n2-c2ccccc2)CCO1. The van der Waals surface area contributed by atoms with Gasteiger partial charge in [-0.05, 0) is 31.2 Å². The van der Waals surface area contributed by atoms with Crippen molar-refractivity contribution in [1.82, 2.24) is 24.6 Å². The van der Waals surface area contributed by atoms with Crippen molar-refractivity contribution >= 4 is 17.7 Å². The fourth-order valence-corrected chi connectivity index (χ4v) is 3.97. The van der Waals surface area contributed by atoms with Gasteiger partial charge in [0, 0.05) is 36.7 Å². The lowest BCUT2D eigenvalue weighted by Gasteiger charge is -2.31. The fourth-order valence-electron chi connectivity index (χ4n) is 3.12. The van der Waals surface area contributed by atoms with Crippen molar-refractivity contribution in [2.24, 2.45) is 0 Å². The number of morpholine rings is 1. The summed E-state index contributed by atoms with van der Waals surface area (Å²) in [6.07, 6.45) is 3.57. The molecule has 0 bridgehead atoms. The molecule has 0 unspecified atom stereocenters. The summed E-state index contributed by atoms with van der Waals surface area (Å²) in [5.74, 6) is 1.10. The fraction of sp³-hybridized carbons (Fsp3) is 0.300. The van der Waals surface area contributed by atoms with Crippen molar-refractivity contribution < 1.29 is 9.53 Å². The first-order valence-electron chi connectivity index (χ1n) is 9.16. The van der Waals surface area contributed by atoms with Gasteiger partial charge in [-0.2, -0.15) is 0 Å². The average molecular weight is 395 g/mol. The van der Waals surface area contributed by atoms with E-state index in [1.54, 1.807) is 12.4 Å². The molecule has 2 aromatic heterocycles. The number of hydrogen-bond donors (Lipinski definition) is 0. The van der Waals surface area contributed by atoms with Gasteiger partial charge in [-0.25, -0.2) is 0 Å². The molecule has 1 aliphatic rings. The third-order valence-corrected chi connectivity index (χ3v) is 5.40. The van der Waals surface area contributed by atoms with E-state index in [4.69, 9.17) is 4.74 Å². The number of carbonyl (C=O) groups is 1. The number of carbonyl (C=O) groups excluding carboxylic acids is 1. The van der Waals surface area contributed by atoms with Gasteiger partial charge in [0.05, 0.1) is 18.5 Å². The van der Waals surface area contributed by atoms with Crippen molar-refractivity contribution in [3.8, 4) is 17.1 Å². The largest absolute Gasteiger partial charge is 0.375 e. The van der Waals surface area contributed by atoms with Crippen LogP contribution < -0.4 is 0 Å². The second kappa shape index (κ2) is 8.53. The van der Waals surface area contributed by atoms with Crippen molar-refractivity contribution in [2.75, 3.05) is 25.4 Å². The zero-order valence-corrected chi connectivity index (χ0v) is 16.4. The summed E-state index contributed by atoms with van der Waals surface area (Å²) >= 11 is 1.40. The highest BCUT2D eigenvalue weighted by molar-refractivity contribution is 7.99. The Labute approximate surface area is 167 Å². The number of hydrogen-bond acceptors (Lipinski definition) is 6. The number of benzene rings is 1. The van der Waals surface area contributed by atoms with E-state index >= 15 is 0 Å². The van der Waals surface area contributed by atoms with Gasteiger partial charge < -0.3 is 9.64 Å². The molecule has 0 spiro atoms. The van der Waals surface area contributed by atoms with E-state index in [9.17, 15) is 4.79 Å². The number of rotatable bonds is 5. The molecule has 4 rings (SSSR count). The lowest BCUT2D eigenvalue weighted by molar-refractivity contribution is -0.135. The molecule has 1 aromatic carbocycles. The van der Waals surface area contributed by atoms with Crippen LogP contribution in [0.5, 0.6) is 0 Å². The van der Waals surface area contributed by atoms with Crippen LogP contribution in [-0.4, -0.2) is 62.1 Å². The molecule has 144 valence electrons. The van der Waals surface area contributed by atoms with Crippen LogP contribution in [-0.2, 0) is 9.53 Å². The van der Waals surface area contributed by atoms with Crippen LogP contribution in [0.3, 0.4) is 0 Å². The minimum absolute atomic E-state index is 0.0767. The van der Waals surface area contributed by atoms with Gasteiger partial charge in [0.1, 0.15) is 0 Å². The zero-order chi connectivity index (χ0) is 19.3. The molecule has 0 aliphatic carbocycles. The van der Waals surface area contributed by atoms with Crippen LogP contribution in [0.4, 0.5) is 0 Å². The first-order valence-corrected chi connectivity index (χ1v) is 10.1. The highest BCUT2D eigenvalue weighted by Crippen LogP contribution is 2.27. The number of aromatic nitrogens is 4. The Morgan fingerprint density at radius 1 is 1.21 bits per heavy atom. The number of amides is 1. The van der Waals surface area contributed by atoms with Crippen LogP contribution in [0.2, 0.25) is 0 Å². The molecule has 1 amide bonds. The Balaban J connectivity index is 1.59. The van der Waals surface area contributed by atoms with Gasteiger partial charge >= 0.3 is 0 Å². The van der Waals surface area contributed by atoms with Crippen molar-refractivity contribution in [1.29, 1.82) is 0 Å². The highest BCUT2D eigenvalue weighted by atomic mass is 32.2. The summed E-state index contributed by atoms with van der Waals surface area (Å²) in [6.45, 7) is 3.84. The third kappa shape index (κ3) is 4.07. The van der Waals surface area contributed by atoms with E-state index in [1.807, 2.05) is 58.9 Å². The summed E-state index contributed by atoms with van der Waals surface area (Å²) < 4.78 is 7.49. The number of pyridine rings is 1. The maximum Gasteiger partial charge on any atom is 0.233 e. The molecule has 28 heavy (non-hydrogen) atoms. The van der Waals surface area contributed by atoms with Crippen molar-refractivity contribution in [3.63, 3.8) is 0 Å². The zero-order valence-electron chi connectivity index (χ0n) is 15.6. The number of ether oxygens (including phenoxy) is 1. The smallest absolute Gasteiger partial charge is 0.233 e. The minimum atomic E-state index is 0.0767. The summed E-state index contributed by atoms with van der Waals surface area (Å²) in [5, 5.41) is 9.41. The molecule has 3 heterocycles. The average Bonchev–Trinajstić information content (AvgIpc) is 3.17. The summed E-state index contributed by atoms with van der Waals surface area (Å²) in [7, 11) is 0. The second-order valence-corrected chi connectivity index (χ2v) is 7.47. The Morgan fingerprint density at radius 2 is 2.07 bits per heavy atom. The van der Waals surface area contributed by atoms with Gasteiger partial charge in [-0.3, -0.25) is 14.3 Å². The topological polar surface area (TPSA) is 73.1 Å². The quantitative estimate of drug-likeness (QED) is 0.619. The van der Waals surface area contributed by atoms with Crippen LogP contribution in [0, 0.1) is 0 Å². The first kappa shape index (κ1) is 18.6. The molecule has 0 N–H and O–H groups in total. The molecular formula is C20H21N5O2S. The van der Waals surface area contributed by atoms with E-state index in [0.29, 0.717) is 36.4 Å². The predicted molar refractivity (Wildman–Crippen MR) is 107 cm³/mol. The monoisotopic (exact) mass is 395 g/mol. The molecule has 0 radical (unpaired) electrons. The van der Waals surface area contributed by atoms with Gasteiger partial charge in [0.2, 0.25) is 5.91 Å². The van der Waals surface area contributed by atoms with E-state index in [-0.39, 0.29) is 12.0 Å². The van der Waals surface area contributed by atoms with Crippen LogP contribution in [0.1, 0.15) is 6.92 Å². The lowest BCUT2D eigenvalue weighted by Crippen LogP contribution is -2.45. The molecule has 1 fully saturated rings. The molecule has 7 nitrogen and oxygen atoms in total. The molecule has 1 aliphatic heterocycles. The summed E-state index contributed by atoms with van der Waals surface area (Å²) in [5.41, 5.74) is 1.82. The molecular weight excluding hydrogens is 374 g/mol. The Hall–Kier alpha value is -2.71. The molecule has 1 saturated heterocycles. The van der Waals surface area contributed by atoms with Gasteiger partial charge in [-0.1, -0.05) is 30.0 Å². The van der Waals surface area contributed by atoms with Crippen molar-refractivity contribution in [2.45, 2.75) is 18.2 Å². The lowest BCUT2D eigenvalue weighted by atomic mass is 10.2. The Morgan fingerprint density at radius 3 is 2.82 bits per heavy atom. The minimum Gasteiger partial charge on any atom is -0.375 e. The first-order chi connectivity index (χ1) is 13.7. The molecule has 8 heteroatoms. The van der Waals surface area contributed by atoms with E-state index in [2.05, 4.69) is 15.2 Å². The van der Waals surface area contributed by atoms with Gasteiger partial charge in [-0.15, -0.1) is 10.2 Å². The standard InChI is InChI=1S/C20H21N5O2S/c1-15-13-24(10-11-27-15)18(26)14-28-20-23-22-19(16-6-5-9-21-12-16)25(20)17-7-3-2-4-8-17/h2-9,12,15H,10-11,13-14H2,1H3/t15-/m0/s1. The summed E-state index contributed by atoms with van der Waals surface area (Å²) in [4.78, 5) is 18.7. The predicted octanol–water partition coefficient (Wildman–Crippen LogP) is 2.67. The van der Waals surface area contributed by atoms with Gasteiger partial charge in [0.15, 0.2) is 11.0 Å². The molecule has 1 atom stereocenters. The maximum atomic E-state index is 12.6. The third-order valence-electron chi connectivity index (χ3n) is 4.49. The maximum absolute atomic E-state index is 12.6. The molecule has 3 aromatic rings. The highest BCUT2D eigenvalue weighted by Gasteiger charge is 2.23. The van der Waals surface area contributed by atoms with Crippen molar-refractivity contribution in [3.05, 3.63) is 54.9 Å². The van der Waals surface area contributed by atoms with E-state index in [0.717, 1.165) is 11.3 Å². The molecule has 0 saturated carbocycles. The normalized spacial score (nSPS) is 16.9. The van der Waals surface area contributed by atoms with Gasteiger partial charge in [0.25, 0.3) is 0 Å². The number of nitrogens with zero attached hydrogens (tertiary/aromatic N) is 5. The Kier molecular flexibility index (Phi) is 5.68. The Bertz CT molecular complexity index is 932. The van der Waals surface area contributed by atoms with E-state index < -0.39 is 0 Å². The van der Waals surface area contributed by atoms with Crippen LogP contribution in [0.25, 0.3) is 17.1 Å². The number of para-hydroxylation sites is 1.